The van der Waals surface area contributed by atoms with Crippen molar-refractivity contribution in [1.82, 2.24) is 9.99 Å². The summed E-state index contributed by atoms with van der Waals surface area (Å²) in [7, 11) is 0. The molecule has 1 aromatic heterocycles. The zero-order valence-electron chi connectivity index (χ0n) is 13.0. The van der Waals surface area contributed by atoms with Gasteiger partial charge in [-0.15, -0.1) is 0 Å². The first-order valence-corrected chi connectivity index (χ1v) is 7.25. The van der Waals surface area contributed by atoms with Crippen LogP contribution in [0.5, 0.6) is 0 Å². The first-order valence-electron chi connectivity index (χ1n) is 6.84. The molecule has 0 amide bonds. The molecule has 1 heterocycles. The largest absolute Gasteiger partial charge is 0.375 e. The second-order valence-corrected chi connectivity index (χ2v) is 5.56. The molecule has 0 atom stereocenters. The molecule has 0 unspecified atom stereocenters. The van der Waals surface area contributed by atoms with Crippen LogP contribution in [0.15, 0.2) is 29.4 Å². The quantitative estimate of drug-likeness (QED) is 0.388. The number of hydrogen-bond acceptors (Lipinski definition) is 4. The molecule has 0 fully saturated rings. The van der Waals surface area contributed by atoms with Gasteiger partial charge in [0.15, 0.2) is 5.11 Å². The van der Waals surface area contributed by atoms with Gasteiger partial charge in [0.05, 0.1) is 16.8 Å². The lowest BCUT2D eigenvalue weighted by Crippen LogP contribution is -2.24. The third kappa shape index (κ3) is 3.54. The molecule has 120 valence electrons. The topological polar surface area (TPSA) is 98.5 Å². The molecule has 0 saturated heterocycles. The third-order valence-electron chi connectivity index (χ3n) is 3.49. The normalized spacial score (nSPS) is 10.9. The Hall–Kier alpha value is -2.74. The maximum absolute atomic E-state index is 11.0. The fourth-order valence-electron chi connectivity index (χ4n) is 2.41. The van der Waals surface area contributed by atoms with Crippen molar-refractivity contribution in [2.75, 3.05) is 0 Å². The number of benzene rings is 1. The number of nitrogens with zero attached hydrogens (tertiary/aromatic N) is 3. The highest BCUT2D eigenvalue weighted by atomic mass is 32.1. The van der Waals surface area contributed by atoms with Crippen LogP contribution in [0.3, 0.4) is 0 Å². The number of nitrogens with two attached hydrogens (primary N) is 1. The summed E-state index contributed by atoms with van der Waals surface area (Å²) in [6, 6.07) is 6.76. The zero-order chi connectivity index (χ0) is 17.1. The van der Waals surface area contributed by atoms with Gasteiger partial charge in [-0.3, -0.25) is 15.5 Å². The minimum Gasteiger partial charge on any atom is -0.375 e. The van der Waals surface area contributed by atoms with E-state index in [0.29, 0.717) is 0 Å². The fourth-order valence-corrected chi connectivity index (χ4v) is 2.46. The highest BCUT2D eigenvalue weighted by molar-refractivity contribution is 7.80. The van der Waals surface area contributed by atoms with E-state index in [-0.39, 0.29) is 10.8 Å². The maximum atomic E-state index is 11.0. The number of thiocarbonyl (C=S) groups is 1. The highest BCUT2D eigenvalue weighted by Crippen LogP contribution is 2.26. The van der Waals surface area contributed by atoms with E-state index in [1.807, 2.05) is 31.4 Å². The Morgan fingerprint density at radius 2 is 2.09 bits per heavy atom. The number of aromatic nitrogens is 1. The minimum atomic E-state index is -0.397. The zero-order valence-corrected chi connectivity index (χ0v) is 13.8. The number of nitro benzene ring substituents is 1. The molecule has 2 rings (SSSR count). The van der Waals surface area contributed by atoms with Crippen molar-refractivity contribution in [2.45, 2.75) is 20.8 Å². The molecule has 23 heavy (non-hydrogen) atoms. The molecule has 0 aliphatic carbocycles. The Balaban J connectivity index is 2.51. The van der Waals surface area contributed by atoms with E-state index in [9.17, 15) is 10.1 Å². The molecular formula is C15H17N5O2S. The summed E-state index contributed by atoms with van der Waals surface area (Å²) >= 11 is 4.69. The number of nitrogens with one attached hydrogen (secondary N) is 1. The van der Waals surface area contributed by atoms with Gasteiger partial charge < -0.3 is 10.3 Å². The van der Waals surface area contributed by atoms with Crippen LogP contribution in [0.4, 0.5) is 5.69 Å². The van der Waals surface area contributed by atoms with Crippen molar-refractivity contribution in [3.63, 3.8) is 0 Å². The van der Waals surface area contributed by atoms with Gasteiger partial charge in [0.2, 0.25) is 0 Å². The van der Waals surface area contributed by atoms with E-state index < -0.39 is 4.92 Å². The molecule has 0 radical (unpaired) electrons. The number of hydrogen-bond donors (Lipinski definition) is 2. The lowest BCUT2D eigenvalue weighted by atomic mass is 10.1. The predicted molar refractivity (Wildman–Crippen MR) is 94.1 cm³/mol. The van der Waals surface area contributed by atoms with Crippen LogP contribution in [-0.4, -0.2) is 20.8 Å². The van der Waals surface area contributed by atoms with E-state index in [4.69, 9.17) is 18.0 Å². The molecule has 8 heteroatoms. The number of aryl methyl sites for hydroxylation is 2. The Morgan fingerprint density at radius 3 is 2.70 bits per heavy atom. The molecule has 2 aromatic rings. The third-order valence-corrected chi connectivity index (χ3v) is 3.58. The Morgan fingerprint density at radius 1 is 1.39 bits per heavy atom. The van der Waals surface area contributed by atoms with E-state index in [0.717, 1.165) is 28.2 Å². The highest BCUT2D eigenvalue weighted by Gasteiger charge is 2.15. The smallest absolute Gasteiger partial charge is 0.271 e. The predicted octanol–water partition coefficient (Wildman–Crippen LogP) is 2.48. The molecule has 0 aliphatic rings. The average molecular weight is 331 g/mol. The first kappa shape index (κ1) is 16.6. The Bertz CT molecular complexity index is 810. The second-order valence-electron chi connectivity index (χ2n) is 5.12. The van der Waals surface area contributed by atoms with E-state index in [1.165, 1.54) is 6.07 Å². The Kier molecular flexibility index (Phi) is 4.75. The summed E-state index contributed by atoms with van der Waals surface area (Å²) < 4.78 is 1.96. The molecule has 0 bridgehead atoms. The summed E-state index contributed by atoms with van der Waals surface area (Å²) in [5.41, 5.74) is 12.3. The maximum Gasteiger partial charge on any atom is 0.271 e. The van der Waals surface area contributed by atoms with Gasteiger partial charge in [0.1, 0.15) is 0 Å². The van der Waals surface area contributed by atoms with Crippen molar-refractivity contribution in [3.05, 3.63) is 56.9 Å². The minimum absolute atomic E-state index is 0.0588. The van der Waals surface area contributed by atoms with Gasteiger partial charge in [-0.25, -0.2) is 0 Å². The van der Waals surface area contributed by atoms with Crippen molar-refractivity contribution >= 4 is 29.2 Å². The molecule has 7 nitrogen and oxygen atoms in total. The SMILES string of the molecule is Cc1ccc([N+](=O)[O-])cc1-n1c(C)cc(/C=N\NC(N)=S)c1C. The number of hydrazone groups is 1. The van der Waals surface area contributed by atoms with Crippen LogP contribution in [0.1, 0.15) is 22.5 Å². The van der Waals surface area contributed by atoms with Crippen molar-refractivity contribution in [3.8, 4) is 5.69 Å². The van der Waals surface area contributed by atoms with Crippen LogP contribution in [0.25, 0.3) is 5.69 Å². The van der Waals surface area contributed by atoms with Crippen molar-refractivity contribution in [2.24, 2.45) is 10.8 Å². The summed E-state index contributed by atoms with van der Waals surface area (Å²) in [5.74, 6) is 0. The molecule has 0 aliphatic heterocycles. The summed E-state index contributed by atoms with van der Waals surface area (Å²) in [6.07, 6.45) is 1.62. The number of non-ortho nitro benzene ring substituents is 1. The van der Waals surface area contributed by atoms with Crippen molar-refractivity contribution in [1.29, 1.82) is 0 Å². The molecule has 0 saturated carbocycles. The van der Waals surface area contributed by atoms with Gasteiger partial charge in [-0.2, -0.15) is 5.10 Å². The lowest BCUT2D eigenvalue weighted by molar-refractivity contribution is -0.384. The van der Waals surface area contributed by atoms with Gasteiger partial charge in [0, 0.05) is 29.1 Å². The molecule has 1 aromatic carbocycles. The Labute approximate surface area is 138 Å². The fraction of sp³-hybridized carbons (Fsp3) is 0.200. The van der Waals surface area contributed by atoms with Crippen LogP contribution >= 0.6 is 12.2 Å². The van der Waals surface area contributed by atoms with Gasteiger partial charge in [-0.05, 0) is 44.6 Å². The lowest BCUT2D eigenvalue weighted by Gasteiger charge is -2.12. The first-order chi connectivity index (χ1) is 10.8. The number of rotatable bonds is 4. The summed E-state index contributed by atoms with van der Waals surface area (Å²) in [5, 5.41) is 15.1. The monoisotopic (exact) mass is 331 g/mol. The van der Waals surface area contributed by atoms with Gasteiger partial charge in [-0.1, -0.05) is 6.07 Å². The van der Waals surface area contributed by atoms with Gasteiger partial charge >= 0.3 is 0 Å². The van der Waals surface area contributed by atoms with E-state index >= 15 is 0 Å². The summed E-state index contributed by atoms with van der Waals surface area (Å²) in [4.78, 5) is 10.6. The van der Waals surface area contributed by atoms with E-state index in [2.05, 4.69) is 10.5 Å². The summed E-state index contributed by atoms with van der Waals surface area (Å²) in [6.45, 7) is 5.77. The van der Waals surface area contributed by atoms with Crippen LogP contribution in [0.2, 0.25) is 0 Å². The van der Waals surface area contributed by atoms with E-state index in [1.54, 1.807) is 18.3 Å². The molecule has 0 spiro atoms. The molecular weight excluding hydrogens is 314 g/mol. The van der Waals surface area contributed by atoms with Gasteiger partial charge in [0.25, 0.3) is 5.69 Å². The molecule has 3 N–H and O–H groups in total. The van der Waals surface area contributed by atoms with Crippen LogP contribution in [-0.2, 0) is 0 Å². The number of nitro groups is 1. The van der Waals surface area contributed by atoms with Crippen LogP contribution < -0.4 is 11.2 Å². The van der Waals surface area contributed by atoms with Crippen molar-refractivity contribution < 1.29 is 4.92 Å². The van der Waals surface area contributed by atoms with Crippen LogP contribution in [0, 0.1) is 30.9 Å². The average Bonchev–Trinajstić information content (AvgIpc) is 2.74. The standard InChI is InChI=1S/C15H17N5O2S/c1-9-4-5-13(20(21)22)7-14(9)19-10(2)6-12(11(19)3)8-17-18-15(16)23/h4-8H,1-3H3,(H3,16,18,23)/b17-8-. The second kappa shape index (κ2) is 6.57.